The molecule has 0 bridgehead atoms. The number of carbonyl (C=O) groups is 2. The molecular formula is C26H23NO5. The van der Waals surface area contributed by atoms with Crippen molar-refractivity contribution < 1.29 is 24.5 Å². The molecule has 6 heteroatoms. The first kappa shape index (κ1) is 21.2. The van der Waals surface area contributed by atoms with Crippen molar-refractivity contribution in [2.75, 3.05) is 12.0 Å². The van der Waals surface area contributed by atoms with Crippen molar-refractivity contribution in [1.82, 2.24) is 0 Å². The molecule has 4 rings (SSSR count). The van der Waals surface area contributed by atoms with Crippen LogP contribution in [0.1, 0.15) is 28.3 Å². The van der Waals surface area contributed by atoms with Gasteiger partial charge in [0.1, 0.15) is 17.3 Å². The number of anilines is 1. The molecule has 2 N–H and O–H groups in total. The second kappa shape index (κ2) is 8.23. The topological polar surface area (TPSA) is 87.1 Å². The Bertz CT molecular complexity index is 1260. The van der Waals surface area contributed by atoms with Crippen LogP contribution in [0.3, 0.4) is 0 Å². The van der Waals surface area contributed by atoms with Gasteiger partial charge in [-0.05, 0) is 60.9 Å². The average molecular weight is 429 g/mol. The molecule has 32 heavy (non-hydrogen) atoms. The molecule has 0 spiro atoms. The SMILES string of the molecule is COc1ccc(/C(O)=C2\C(=O)C(=O)N(c3ccccc3O)C2c2ccccc2C)c(C)c1. The normalized spacial score (nSPS) is 17.6. The van der Waals surface area contributed by atoms with Crippen LogP contribution in [-0.4, -0.2) is 29.0 Å². The van der Waals surface area contributed by atoms with Crippen molar-refractivity contribution in [3.8, 4) is 11.5 Å². The highest BCUT2D eigenvalue weighted by Crippen LogP contribution is 2.45. The first-order chi connectivity index (χ1) is 15.3. The molecule has 1 atom stereocenters. The van der Waals surface area contributed by atoms with Gasteiger partial charge in [-0.25, -0.2) is 0 Å². The Balaban J connectivity index is 2.00. The number of aryl methyl sites for hydroxylation is 2. The summed E-state index contributed by atoms with van der Waals surface area (Å²) in [5.74, 6) is -1.41. The van der Waals surface area contributed by atoms with Crippen molar-refractivity contribution in [3.63, 3.8) is 0 Å². The number of ketones is 1. The maximum absolute atomic E-state index is 13.2. The quantitative estimate of drug-likeness (QED) is 0.358. The van der Waals surface area contributed by atoms with Gasteiger partial charge in [-0.3, -0.25) is 14.5 Å². The summed E-state index contributed by atoms with van der Waals surface area (Å²) >= 11 is 0. The fourth-order valence-electron chi connectivity index (χ4n) is 4.11. The summed E-state index contributed by atoms with van der Waals surface area (Å²) in [4.78, 5) is 27.7. The number of Topliss-reactive ketones (excluding diaryl/α,β-unsaturated/α-hetero) is 1. The summed E-state index contributed by atoms with van der Waals surface area (Å²) in [6.45, 7) is 3.67. The first-order valence-corrected chi connectivity index (χ1v) is 10.1. The van der Waals surface area contributed by atoms with Gasteiger partial charge in [-0.1, -0.05) is 36.4 Å². The molecule has 1 fully saturated rings. The third kappa shape index (κ3) is 3.39. The number of methoxy groups -OCH3 is 1. The molecule has 0 saturated carbocycles. The smallest absolute Gasteiger partial charge is 0.300 e. The largest absolute Gasteiger partial charge is 0.507 e. The zero-order chi connectivity index (χ0) is 23.0. The molecule has 0 radical (unpaired) electrons. The minimum absolute atomic E-state index is 0.0270. The number of para-hydroxylation sites is 2. The predicted octanol–water partition coefficient (Wildman–Crippen LogP) is 4.64. The van der Waals surface area contributed by atoms with Gasteiger partial charge in [0, 0.05) is 5.56 Å². The number of rotatable bonds is 4. The van der Waals surface area contributed by atoms with Gasteiger partial charge >= 0.3 is 0 Å². The van der Waals surface area contributed by atoms with Gasteiger partial charge in [0.05, 0.1) is 24.4 Å². The summed E-state index contributed by atoms with van der Waals surface area (Å²) in [5, 5.41) is 21.7. The van der Waals surface area contributed by atoms with Gasteiger partial charge in [-0.2, -0.15) is 0 Å². The van der Waals surface area contributed by atoms with E-state index in [1.165, 1.54) is 11.0 Å². The Hall–Kier alpha value is -4.06. The summed E-state index contributed by atoms with van der Waals surface area (Å²) in [6.07, 6.45) is 0. The maximum Gasteiger partial charge on any atom is 0.300 e. The molecule has 3 aromatic rings. The van der Waals surface area contributed by atoms with Crippen LogP contribution in [-0.2, 0) is 9.59 Å². The van der Waals surface area contributed by atoms with E-state index in [9.17, 15) is 19.8 Å². The van der Waals surface area contributed by atoms with Crippen LogP contribution in [0.15, 0.2) is 72.3 Å². The van der Waals surface area contributed by atoms with E-state index in [1.807, 2.05) is 31.2 Å². The third-order valence-corrected chi connectivity index (χ3v) is 5.76. The van der Waals surface area contributed by atoms with Gasteiger partial charge in [0.2, 0.25) is 0 Å². The summed E-state index contributed by atoms with van der Waals surface area (Å²) in [7, 11) is 1.55. The van der Waals surface area contributed by atoms with Crippen LogP contribution in [0.5, 0.6) is 11.5 Å². The molecule has 0 aliphatic carbocycles. The molecule has 1 amide bonds. The van der Waals surface area contributed by atoms with E-state index in [0.717, 1.165) is 5.56 Å². The lowest BCUT2D eigenvalue weighted by atomic mass is 9.91. The first-order valence-electron chi connectivity index (χ1n) is 10.1. The van der Waals surface area contributed by atoms with E-state index in [0.29, 0.717) is 22.4 Å². The van der Waals surface area contributed by atoms with Crippen LogP contribution in [0.25, 0.3) is 5.76 Å². The lowest BCUT2D eigenvalue weighted by molar-refractivity contribution is -0.132. The number of ether oxygens (including phenoxy) is 1. The Labute approximate surface area is 186 Å². The number of phenols is 1. The Morgan fingerprint density at radius 3 is 2.28 bits per heavy atom. The van der Waals surface area contributed by atoms with Crippen molar-refractivity contribution in [2.45, 2.75) is 19.9 Å². The summed E-state index contributed by atoms with van der Waals surface area (Å²) in [6, 6.07) is 17.9. The minimum atomic E-state index is -0.897. The van der Waals surface area contributed by atoms with Crippen molar-refractivity contribution in [1.29, 1.82) is 0 Å². The second-order valence-electron chi connectivity index (χ2n) is 7.70. The highest BCUT2D eigenvalue weighted by molar-refractivity contribution is 6.52. The number of aliphatic hydroxyl groups excluding tert-OH is 1. The zero-order valence-electron chi connectivity index (χ0n) is 18.0. The Morgan fingerprint density at radius 2 is 1.62 bits per heavy atom. The Morgan fingerprint density at radius 1 is 0.938 bits per heavy atom. The highest BCUT2D eigenvalue weighted by Gasteiger charge is 2.48. The lowest BCUT2D eigenvalue weighted by Crippen LogP contribution is -2.29. The van der Waals surface area contributed by atoms with E-state index in [2.05, 4.69) is 0 Å². The standard InChI is InChI=1S/C26H23NO5/c1-15-8-4-5-9-18(15)23-22(24(29)19-13-12-17(32-3)14-16(19)2)25(30)26(31)27(23)20-10-6-7-11-21(20)28/h4-14,23,28-29H,1-3H3/b24-22+. The van der Waals surface area contributed by atoms with Crippen LogP contribution < -0.4 is 9.64 Å². The Kier molecular flexibility index (Phi) is 5.45. The van der Waals surface area contributed by atoms with Crippen molar-refractivity contribution >= 4 is 23.1 Å². The number of nitrogens with zero attached hydrogens (tertiary/aromatic N) is 1. The zero-order valence-corrected chi connectivity index (χ0v) is 18.0. The molecule has 162 valence electrons. The molecule has 1 unspecified atom stereocenters. The monoisotopic (exact) mass is 429 g/mol. The molecule has 1 saturated heterocycles. The van der Waals surface area contributed by atoms with Crippen LogP contribution >= 0.6 is 0 Å². The van der Waals surface area contributed by atoms with Crippen molar-refractivity contribution in [2.24, 2.45) is 0 Å². The fourth-order valence-corrected chi connectivity index (χ4v) is 4.11. The van der Waals surface area contributed by atoms with Gasteiger partial charge in [-0.15, -0.1) is 0 Å². The van der Waals surface area contributed by atoms with Gasteiger partial charge < -0.3 is 14.9 Å². The summed E-state index contributed by atoms with van der Waals surface area (Å²) in [5.41, 5.74) is 2.83. The average Bonchev–Trinajstić information content (AvgIpc) is 3.04. The van der Waals surface area contributed by atoms with Gasteiger partial charge in [0.15, 0.2) is 0 Å². The van der Waals surface area contributed by atoms with Crippen molar-refractivity contribution in [3.05, 3.63) is 94.6 Å². The molecular weight excluding hydrogens is 406 g/mol. The molecule has 6 nitrogen and oxygen atoms in total. The van der Waals surface area contributed by atoms with E-state index < -0.39 is 17.7 Å². The number of aliphatic hydroxyl groups is 1. The molecule has 0 aromatic heterocycles. The fraction of sp³-hybridized carbons (Fsp3) is 0.154. The number of phenolic OH excluding ortho intramolecular Hbond substituents is 1. The highest BCUT2D eigenvalue weighted by atomic mass is 16.5. The number of aromatic hydroxyl groups is 1. The molecule has 1 aliphatic heterocycles. The van der Waals surface area contributed by atoms with Crippen LogP contribution in [0.2, 0.25) is 0 Å². The minimum Gasteiger partial charge on any atom is -0.507 e. The van der Waals surface area contributed by atoms with Gasteiger partial charge in [0.25, 0.3) is 11.7 Å². The number of carbonyl (C=O) groups excluding carboxylic acids is 2. The van der Waals surface area contributed by atoms with Crippen LogP contribution in [0, 0.1) is 13.8 Å². The van der Waals surface area contributed by atoms with E-state index in [-0.39, 0.29) is 22.8 Å². The number of hydrogen-bond donors (Lipinski definition) is 2. The number of hydrogen-bond acceptors (Lipinski definition) is 5. The van der Waals surface area contributed by atoms with E-state index >= 15 is 0 Å². The van der Waals surface area contributed by atoms with Crippen LogP contribution in [0.4, 0.5) is 5.69 Å². The number of amides is 1. The molecule has 1 aliphatic rings. The maximum atomic E-state index is 13.2. The molecule has 1 heterocycles. The van der Waals surface area contributed by atoms with E-state index in [4.69, 9.17) is 4.74 Å². The second-order valence-corrected chi connectivity index (χ2v) is 7.70. The third-order valence-electron chi connectivity index (χ3n) is 5.76. The lowest BCUT2D eigenvalue weighted by Gasteiger charge is -2.27. The predicted molar refractivity (Wildman–Crippen MR) is 122 cm³/mol. The van der Waals surface area contributed by atoms with E-state index in [1.54, 1.807) is 50.4 Å². The molecule has 3 aromatic carbocycles. The number of benzene rings is 3. The summed E-state index contributed by atoms with van der Waals surface area (Å²) < 4.78 is 5.23.